The van der Waals surface area contributed by atoms with E-state index in [1.165, 1.54) is 16.2 Å². The summed E-state index contributed by atoms with van der Waals surface area (Å²) in [6.45, 7) is 2.73. The van der Waals surface area contributed by atoms with Crippen LogP contribution in [0.15, 0.2) is 51.0 Å². The molecule has 0 spiro atoms. The molecule has 0 aliphatic heterocycles. The second-order valence-corrected chi connectivity index (χ2v) is 20.9. The van der Waals surface area contributed by atoms with Gasteiger partial charge in [-0.25, -0.2) is 19.5 Å². The zero-order valence-electron chi connectivity index (χ0n) is 21.0. The van der Waals surface area contributed by atoms with Gasteiger partial charge in [0.2, 0.25) is 0 Å². The molecule has 0 aliphatic rings. The van der Waals surface area contributed by atoms with Gasteiger partial charge in [-0.2, -0.15) is 0 Å². The Morgan fingerprint density at radius 3 is 2.74 bits per heavy atom. The molecule has 2 heterocycles. The number of aromatic nitrogens is 2. The normalized spacial score (nSPS) is 11.5. The Hall–Kier alpha value is -1.86. The van der Waals surface area contributed by atoms with E-state index in [9.17, 15) is 14.4 Å². The molecule has 9 nitrogen and oxygen atoms in total. The number of esters is 1. The van der Waals surface area contributed by atoms with Crippen LogP contribution in [0.4, 0.5) is 10.8 Å². The van der Waals surface area contributed by atoms with Gasteiger partial charge >= 0.3 is 17.6 Å². The molecule has 2 aromatic heterocycles. The Bertz CT molecular complexity index is 1580. The molecule has 206 valence electrons. The summed E-state index contributed by atoms with van der Waals surface area (Å²) in [6.07, 6.45) is 3.11. The van der Waals surface area contributed by atoms with Crippen molar-refractivity contribution in [2.45, 2.75) is 25.6 Å². The number of halogens is 3. The number of oxazole rings is 1. The average Bonchev–Trinajstić information content (AvgIpc) is 3.56. The van der Waals surface area contributed by atoms with Crippen molar-refractivity contribution in [3.05, 3.63) is 57.9 Å². The number of H-pyrrole nitrogens is 1. The Kier molecular flexibility index (Phi) is 10.2. The molecule has 0 unspecified atom stereocenters. The molecular weight excluding hydrogens is 863 g/mol. The van der Waals surface area contributed by atoms with Crippen LogP contribution in [0.5, 0.6) is 5.75 Å². The van der Waals surface area contributed by atoms with Gasteiger partial charge in [-0.05, 0) is 36.8 Å². The molecule has 1 amide bonds. The number of alkyl halides is 3. The maximum atomic E-state index is 13.3. The molecule has 1 N–H and O–H groups in total. The predicted octanol–water partition coefficient (Wildman–Crippen LogP) is 7.03. The number of carbonyl (C=O) groups excluding carboxylic acids is 2. The molecule has 0 atom stereocenters. The number of anilines is 2. The third-order valence-electron chi connectivity index (χ3n) is 5.66. The summed E-state index contributed by atoms with van der Waals surface area (Å²) >= 11 is 5.42. The minimum absolute atomic E-state index is 0.287. The molecule has 0 saturated heterocycles. The molecule has 4 rings (SSSR count). The van der Waals surface area contributed by atoms with Crippen LogP contribution < -0.4 is 15.4 Å². The number of hydrogen-bond acceptors (Lipinski definition) is 8. The number of rotatable bonds is 10. The number of ether oxygens (including phenoxy) is 2. The minimum Gasteiger partial charge on any atom is -0.493 e. The monoisotopic (exact) mass is 887 g/mol. The quantitative estimate of drug-likeness (QED) is 0.0598. The van der Waals surface area contributed by atoms with E-state index in [2.05, 4.69) is 66.6 Å². The maximum Gasteiger partial charge on any atom is 0.417 e. The van der Waals surface area contributed by atoms with Crippen LogP contribution in [0.1, 0.15) is 31.7 Å². The van der Waals surface area contributed by atoms with Gasteiger partial charge in [0.05, 0.1) is 30.6 Å². The van der Waals surface area contributed by atoms with E-state index in [0.29, 0.717) is 34.7 Å². The predicted molar refractivity (Wildman–Crippen MR) is 179 cm³/mol. The molecule has 39 heavy (non-hydrogen) atoms. The second kappa shape index (κ2) is 13.2. The number of methoxy groups -OCH3 is 1. The fraction of sp³-hybridized carbons (Fsp3) is 0.269. The summed E-state index contributed by atoms with van der Waals surface area (Å²) in [5.41, 5.74) is 3.57. The maximum absolute atomic E-state index is 13.3. The van der Waals surface area contributed by atoms with Crippen LogP contribution in [0.3, 0.4) is 0 Å². The number of thiazole rings is 1. The summed E-state index contributed by atoms with van der Waals surface area (Å²) in [7, 11) is 1.16. The second-order valence-electron chi connectivity index (χ2n) is 8.24. The highest BCUT2D eigenvalue weighted by molar-refractivity contribution is 14.3. The number of benzene rings is 2. The lowest BCUT2D eigenvalue weighted by Gasteiger charge is -2.24. The Morgan fingerprint density at radius 2 is 2.03 bits per heavy atom. The van der Waals surface area contributed by atoms with Gasteiger partial charge in [-0.1, -0.05) is 96.3 Å². The summed E-state index contributed by atoms with van der Waals surface area (Å²) in [6, 6.07) is 10.6. The van der Waals surface area contributed by atoms with Crippen molar-refractivity contribution < 1.29 is 23.5 Å². The van der Waals surface area contributed by atoms with Crippen LogP contribution in [-0.4, -0.2) is 40.1 Å². The Morgan fingerprint density at radius 1 is 1.23 bits per heavy atom. The van der Waals surface area contributed by atoms with Gasteiger partial charge in [0.1, 0.15) is 5.18 Å². The third-order valence-corrected chi connectivity index (χ3v) is 13.1. The van der Waals surface area contributed by atoms with E-state index < -0.39 is 38.4 Å². The molecule has 0 bridgehead atoms. The minimum atomic E-state index is -1.01. The first-order chi connectivity index (χ1) is 18.7. The van der Waals surface area contributed by atoms with Crippen LogP contribution >= 0.6 is 77.2 Å². The number of aromatic amines is 1. The number of nitrogens with one attached hydrogen (secondary N) is 1. The summed E-state index contributed by atoms with van der Waals surface area (Å²) < 4.78 is 20.0. The van der Waals surface area contributed by atoms with Crippen LogP contribution in [-0.2, 0) is 13.8 Å². The topological polar surface area (TPSA) is 115 Å². The SMILES string of the molecule is C=IC(I)(I)c1cc(N(C(=O)C(=O)OC)c2nc(-c3ccc4[nH]c(=O)oc4c3)cs2)ccc1OCCCCC. The van der Waals surface area contributed by atoms with Crippen molar-refractivity contribution in [2.24, 2.45) is 0 Å². The molecule has 0 saturated carbocycles. The van der Waals surface area contributed by atoms with Gasteiger partial charge in [0.15, 0.2) is 10.7 Å². The number of carbonyl (C=O) groups is 2. The number of amides is 1. The standard InChI is InChI=1S/C26H24I3N3O6S/c1-4-5-6-11-37-20-10-8-16(13-17(20)26(27,28)29-2)32(22(33)23(34)36-3)24-30-19(14-39-24)15-7-9-18-21(12-15)38-25(35)31-18/h7-10,12-14H,2,4-6,11H2,1,3H3,(H,31,35). The van der Waals surface area contributed by atoms with E-state index in [-0.39, 0.29) is 4.57 Å². The van der Waals surface area contributed by atoms with Gasteiger partial charge < -0.3 is 13.9 Å². The number of fused-ring (bicyclic) bond motifs is 1. The highest BCUT2D eigenvalue weighted by Crippen LogP contribution is 2.53. The van der Waals surface area contributed by atoms with Gasteiger partial charge in [0.25, 0.3) is 0 Å². The van der Waals surface area contributed by atoms with Gasteiger partial charge in [0, 0.05) is 16.5 Å². The highest BCUT2D eigenvalue weighted by atomic mass is 127. The lowest BCUT2D eigenvalue weighted by atomic mass is 10.1. The number of nitrogens with zero attached hydrogens (tertiary/aromatic N) is 2. The van der Waals surface area contributed by atoms with Crippen LogP contribution in [0.2, 0.25) is 0 Å². The summed E-state index contributed by atoms with van der Waals surface area (Å²) in [5, 5.41) is 2.06. The third kappa shape index (κ3) is 6.90. The molecule has 0 fully saturated rings. The molecule has 0 radical (unpaired) electrons. The van der Waals surface area contributed by atoms with E-state index in [1.807, 2.05) is 12.1 Å². The van der Waals surface area contributed by atoms with Crippen molar-refractivity contribution in [1.29, 1.82) is 0 Å². The van der Waals surface area contributed by atoms with Crippen molar-refractivity contribution in [3.63, 3.8) is 0 Å². The molecule has 4 aromatic rings. The summed E-state index contributed by atoms with van der Waals surface area (Å²) in [5.74, 6) is -1.70. The molecule has 0 aliphatic carbocycles. The van der Waals surface area contributed by atoms with Crippen molar-refractivity contribution >= 4 is 116 Å². The largest absolute Gasteiger partial charge is 0.493 e. The highest BCUT2D eigenvalue weighted by Gasteiger charge is 2.32. The zero-order chi connectivity index (χ0) is 28.2. The van der Waals surface area contributed by atoms with E-state index in [1.54, 1.807) is 29.6 Å². The number of unbranched alkanes of at least 4 members (excludes halogenated alkanes) is 2. The van der Waals surface area contributed by atoms with E-state index in [4.69, 9.17) is 13.9 Å². The van der Waals surface area contributed by atoms with Gasteiger partial charge in [-0.3, -0.25) is 9.78 Å². The van der Waals surface area contributed by atoms with E-state index >= 15 is 0 Å². The van der Waals surface area contributed by atoms with Crippen molar-refractivity contribution in [1.82, 2.24) is 9.97 Å². The average molecular weight is 887 g/mol. The lowest BCUT2D eigenvalue weighted by molar-refractivity contribution is -0.151. The fourth-order valence-electron chi connectivity index (χ4n) is 3.71. The Labute approximate surface area is 265 Å². The molecular formula is C26H24I3N3O6S. The fourth-order valence-corrected chi connectivity index (χ4v) is 6.23. The summed E-state index contributed by atoms with van der Waals surface area (Å²) in [4.78, 5) is 45.8. The first kappa shape index (κ1) is 30.1. The molecule has 13 heteroatoms. The van der Waals surface area contributed by atoms with E-state index in [0.717, 1.165) is 37.7 Å². The van der Waals surface area contributed by atoms with Crippen molar-refractivity contribution in [2.75, 3.05) is 18.6 Å². The Balaban J connectivity index is 1.77. The number of hydrogen-bond donors (Lipinski definition) is 1. The smallest absolute Gasteiger partial charge is 0.417 e. The molecule has 2 aromatic carbocycles. The van der Waals surface area contributed by atoms with Gasteiger partial charge in [-0.15, -0.1) is 11.3 Å². The van der Waals surface area contributed by atoms with Crippen LogP contribution in [0, 0.1) is 0 Å². The lowest BCUT2D eigenvalue weighted by Crippen LogP contribution is -2.33. The van der Waals surface area contributed by atoms with Crippen molar-refractivity contribution in [3.8, 4) is 17.0 Å². The first-order valence-electron chi connectivity index (χ1n) is 11.7. The van der Waals surface area contributed by atoms with Crippen LogP contribution in [0.25, 0.3) is 22.4 Å². The zero-order valence-corrected chi connectivity index (χ0v) is 28.3. The first-order valence-corrected chi connectivity index (χ1v) is 17.4.